The molecule has 4 N–H and O–H groups in total. The van der Waals surface area contributed by atoms with Crippen LogP contribution < -0.4 is 11.1 Å². The van der Waals surface area contributed by atoms with E-state index in [0.29, 0.717) is 22.6 Å². The molecule has 1 amide bonds. The van der Waals surface area contributed by atoms with Gasteiger partial charge in [-0.05, 0) is 48.7 Å². The van der Waals surface area contributed by atoms with Crippen molar-refractivity contribution in [3.8, 4) is 11.3 Å². The maximum atomic E-state index is 11.4. The van der Waals surface area contributed by atoms with Crippen LogP contribution in [0.25, 0.3) is 22.3 Å². The minimum atomic E-state index is -0.474. The highest BCUT2D eigenvalue weighted by Crippen LogP contribution is 2.40. The van der Waals surface area contributed by atoms with Crippen molar-refractivity contribution in [1.29, 1.82) is 0 Å². The average Bonchev–Trinajstić information content (AvgIpc) is 3.35. The summed E-state index contributed by atoms with van der Waals surface area (Å²) in [4.78, 5) is 15.5. The molecule has 1 aliphatic carbocycles. The third-order valence-corrected chi connectivity index (χ3v) is 5.36. The minimum absolute atomic E-state index is 0.436. The number of furan rings is 1. The van der Waals surface area contributed by atoms with Crippen LogP contribution in [0, 0.1) is 0 Å². The van der Waals surface area contributed by atoms with Gasteiger partial charge in [-0.3, -0.25) is 9.78 Å². The van der Waals surface area contributed by atoms with Crippen LogP contribution in [-0.2, 0) is 6.42 Å². The van der Waals surface area contributed by atoms with E-state index in [2.05, 4.69) is 21.5 Å². The number of aromatic nitrogens is 1. The molecule has 7 heteroatoms. The van der Waals surface area contributed by atoms with Crippen LogP contribution in [0.4, 0.5) is 11.4 Å². The van der Waals surface area contributed by atoms with Crippen LogP contribution in [0.2, 0.25) is 0 Å². The second-order valence-electron chi connectivity index (χ2n) is 7.16. The van der Waals surface area contributed by atoms with Gasteiger partial charge in [0.25, 0.3) is 0 Å². The second-order valence-corrected chi connectivity index (χ2v) is 7.16. The molecule has 0 atom stereocenters. The summed E-state index contributed by atoms with van der Waals surface area (Å²) in [5, 5.41) is 16.9. The molecule has 2 aromatic carbocycles. The van der Waals surface area contributed by atoms with Gasteiger partial charge >= 0.3 is 0 Å². The van der Waals surface area contributed by atoms with Gasteiger partial charge in [0.2, 0.25) is 5.91 Å². The monoisotopic (exact) mass is 398 g/mol. The molecule has 1 aliphatic rings. The number of primary amides is 1. The van der Waals surface area contributed by atoms with Gasteiger partial charge in [0.15, 0.2) is 11.3 Å². The van der Waals surface area contributed by atoms with Crippen molar-refractivity contribution >= 4 is 34.0 Å². The van der Waals surface area contributed by atoms with Gasteiger partial charge < -0.3 is 20.7 Å². The van der Waals surface area contributed by atoms with Gasteiger partial charge in [0, 0.05) is 34.0 Å². The zero-order chi connectivity index (χ0) is 20.7. The predicted molar refractivity (Wildman–Crippen MR) is 114 cm³/mol. The molecule has 0 saturated heterocycles. The Hall–Kier alpha value is -4.13. The molecule has 7 nitrogen and oxygen atoms in total. The number of pyridine rings is 1. The molecule has 30 heavy (non-hydrogen) atoms. The number of hydrogen-bond donors (Lipinski definition) is 3. The summed E-state index contributed by atoms with van der Waals surface area (Å²) in [6.07, 6.45) is 4.96. The number of benzene rings is 2. The molecular formula is C23H18N4O3. The SMILES string of the molecule is NC(=O)c1ccc(-c2oc3cnccc3c2Nc2ccc3c(c2)CCC3=NO)cc1. The first-order chi connectivity index (χ1) is 14.6. The van der Waals surface area contributed by atoms with Crippen LogP contribution in [0.5, 0.6) is 0 Å². The van der Waals surface area contributed by atoms with Crippen molar-refractivity contribution in [2.45, 2.75) is 12.8 Å². The molecule has 4 aromatic rings. The van der Waals surface area contributed by atoms with E-state index in [1.807, 2.05) is 30.3 Å². The second kappa shape index (κ2) is 7.04. The third kappa shape index (κ3) is 2.97. The fraction of sp³-hybridized carbons (Fsp3) is 0.0870. The Balaban J connectivity index is 1.59. The lowest BCUT2D eigenvalue weighted by Crippen LogP contribution is -2.10. The Morgan fingerprint density at radius 2 is 1.97 bits per heavy atom. The molecule has 5 rings (SSSR count). The number of fused-ring (bicyclic) bond motifs is 2. The van der Waals surface area contributed by atoms with E-state index in [1.165, 1.54) is 0 Å². The number of hydrogen-bond acceptors (Lipinski definition) is 6. The van der Waals surface area contributed by atoms with Crippen molar-refractivity contribution in [2.24, 2.45) is 10.9 Å². The summed E-state index contributed by atoms with van der Waals surface area (Å²) in [5.74, 6) is 0.171. The number of carbonyl (C=O) groups is 1. The Morgan fingerprint density at radius 1 is 1.13 bits per heavy atom. The van der Waals surface area contributed by atoms with Crippen LogP contribution in [0.15, 0.2) is 70.5 Å². The highest BCUT2D eigenvalue weighted by molar-refractivity contribution is 6.05. The number of amides is 1. The van der Waals surface area contributed by atoms with Crippen LogP contribution in [-0.4, -0.2) is 21.8 Å². The number of carbonyl (C=O) groups excluding carboxylic acids is 1. The highest BCUT2D eigenvalue weighted by atomic mass is 16.4. The van der Waals surface area contributed by atoms with Gasteiger partial charge in [-0.25, -0.2) is 0 Å². The van der Waals surface area contributed by atoms with E-state index < -0.39 is 5.91 Å². The zero-order valence-corrected chi connectivity index (χ0v) is 15.9. The van der Waals surface area contributed by atoms with Crippen molar-refractivity contribution in [3.05, 3.63) is 77.6 Å². The summed E-state index contributed by atoms with van der Waals surface area (Å²) in [5.41, 5.74) is 11.8. The Kier molecular flexibility index (Phi) is 4.21. The maximum absolute atomic E-state index is 11.4. The van der Waals surface area contributed by atoms with E-state index >= 15 is 0 Å². The molecule has 0 fully saturated rings. The zero-order valence-electron chi connectivity index (χ0n) is 15.9. The summed E-state index contributed by atoms with van der Waals surface area (Å²) in [7, 11) is 0. The van der Waals surface area contributed by atoms with Crippen molar-refractivity contribution in [3.63, 3.8) is 0 Å². The van der Waals surface area contributed by atoms with E-state index in [4.69, 9.17) is 15.4 Å². The first-order valence-electron chi connectivity index (χ1n) is 9.52. The number of rotatable bonds is 4. The summed E-state index contributed by atoms with van der Waals surface area (Å²) < 4.78 is 6.09. The molecule has 148 valence electrons. The van der Waals surface area contributed by atoms with Crippen LogP contribution in [0.3, 0.4) is 0 Å². The number of nitrogens with two attached hydrogens (primary N) is 1. The largest absolute Gasteiger partial charge is 0.452 e. The molecular weight excluding hydrogens is 380 g/mol. The van der Waals surface area contributed by atoms with Gasteiger partial charge in [-0.2, -0.15) is 0 Å². The van der Waals surface area contributed by atoms with Crippen molar-refractivity contribution in [2.75, 3.05) is 5.32 Å². The highest BCUT2D eigenvalue weighted by Gasteiger charge is 2.20. The molecule has 0 unspecified atom stereocenters. The Bertz CT molecular complexity index is 1310. The minimum Gasteiger partial charge on any atom is -0.452 e. The summed E-state index contributed by atoms with van der Waals surface area (Å²) in [6.45, 7) is 0. The quantitative estimate of drug-likeness (QED) is 0.347. The standard InChI is InChI=1S/C23H18N4O3/c24-23(28)14-3-1-13(2-4-14)22-21(18-9-10-25-12-20(18)30-22)26-16-6-7-17-15(11-16)5-8-19(17)27-29/h1-4,6-7,9-12,26,29H,5,8H2,(H2,24,28). The molecule has 0 aliphatic heterocycles. The van der Waals surface area contributed by atoms with Gasteiger partial charge in [0.1, 0.15) is 0 Å². The van der Waals surface area contributed by atoms with Crippen molar-refractivity contribution < 1.29 is 14.4 Å². The number of aryl methyl sites for hydroxylation is 1. The molecule has 2 heterocycles. The van der Waals surface area contributed by atoms with Gasteiger partial charge in [-0.15, -0.1) is 0 Å². The van der Waals surface area contributed by atoms with E-state index in [-0.39, 0.29) is 0 Å². The molecule has 0 bridgehead atoms. The maximum Gasteiger partial charge on any atom is 0.248 e. The Morgan fingerprint density at radius 3 is 2.73 bits per heavy atom. The summed E-state index contributed by atoms with van der Waals surface area (Å²) in [6, 6.07) is 14.8. The van der Waals surface area contributed by atoms with Crippen LogP contribution in [0.1, 0.15) is 27.9 Å². The molecule has 0 saturated carbocycles. The van der Waals surface area contributed by atoms with Gasteiger partial charge in [0.05, 0.1) is 17.6 Å². The third-order valence-electron chi connectivity index (χ3n) is 5.36. The average molecular weight is 398 g/mol. The topological polar surface area (TPSA) is 114 Å². The lowest BCUT2D eigenvalue weighted by molar-refractivity contribution is 0.100. The lowest BCUT2D eigenvalue weighted by Gasteiger charge is -2.10. The lowest BCUT2D eigenvalue weighted by atomic mass is 10.1. The fourth-order valence-corrected chi connectivity index (χ4v) is 3.86. The number of anilines is 2. The first kappa shape index (κ1) is 17.9. The predicted octanol–water partition coefficient (Wildman–Crippen LogP) is 4.46. The molecule has 0 spiro atoms. The van der Waals surface area contributed by atoms with Crippen molar-refractivity contribution in [1.82, 2.24) is 4.98 Å². The normalized spacial score (nSPS) is 14.2. The smallest absolute Gasteiger partial charge is 0.248 e. The molecule has 2 aromatic heterocycles. The van der Waals surface area contributed by atoms with E-state index in [0.717, 1.165) is 46.3 Å². The van der Waals surface area contributed by atoms with Crippen LogP contribution >= 0.6 is 0 Å². The summed E-state index contributed by atoms with van der Waals surface area (Å²) >= 11 is 0. The first-order valence-corrected chi connectivity index (χ1v) is 9.52. The number of oxime groups is 1. The number of nitrogens with zero attached hydrogens (tertiary/aromatic N) is 2. The number of nitrogens with one attached hydrogen (secondary N) is 1. The molecule has 0 radical (unpaired) electrons. The van der Waals surface area contributed by atoms with Gasteiger partial charge in [-0.1, -0.05) is 23.4 Å². The van der Waals surface area contributed by atoms with E-state index in [1.54, 1.807) is 24.5 Å². The fourth-order valence-electron chi connectivity index (χ4n) is 3.86. The Labute approximate surface area is 171 Å². The van der Waals surface area contributed by atoms with E-state index in [9.17, 15) is 4.79 Å².